The number of nitrogens with one attached hydrogen (secondary N) is 1. The molecule has 2 heterocycles. The summed E-state index contributed by atoms with van der Waals surface area (Å²) < 4.78 is 7.30. The van der Waals surface area contributed by atoms with Crippen LogP contribution in [0.15, 0.2) is 12.3 Å². The Morgan fingerprint density at radius 3 is 3.00 bits per heavy atom. The van der Waals surface area contributed by atoms with Gasteiger partial charge in [-0.25, -0.2) is 0 Å². The van der Waals surface area contributed by atoms with E-state index in [9.17, 15) is 4.79 Å². The van der Waals surface area contributed by atoms with Crippen molar-refractivity contribution in [3.8, 4) is 0 Å². The molecule has 0 radical (unpaired) electrons. The number of carbonyl (C=O) groups is 1. The number of aromatic nitrogens is 1. The van der Waals surface area contributed by atoms with Crippen molar-refractivity contribution < 1.29 is 9.53 Å². The first-order valence-corrected chi connectivity index (χ1v) is 6.06. The van der Waals surface area contributed by atoms with Gasteiger partial charge in [0.15, 0.2) is 0 Å². The number of ether oxygens (including phenoxy) is 1. The van der Waals surface area contributed by atoms with E-state index in [-0.39, 0.29) is 12.0 Å². The number of hydrogen-bond acceptors (Lipinski definition) is 4. The molecule has 0 aliphatic carbocycles. The van der Waals surface area contributed by atoms with Gasteiger partial charge in [0.2, 0.25) is 0 Å². The van der Waals surface area contributed by atoms with Crippen molar-refractivity contribution >= 4 is 11.6 Å². The summed E-state index contributed by atoms with van der Waals surface area (Å²) >= 11 is 0. The van der Waals surface area contributed by atoms with Crippen molar-refractivity contribution in [2.45, 2.75) is 6.10 Å². The molecule has 1 saturated heterocycles. The third kappa shape index (κ3) is 3.02. The zero-order valence-electron chi connectivity index (χ0n) is 10.8. The van der Waals surface area contributed by atoms with Crippen LogP contribution in [0.2, 0.25) is 0 Å². The van der Waals surface area contributed by atoms with E-state index >= 15 is 0 Å². The van der Waals surface area contributed by atoms with Gasteiger partial charge in [0.05, 0.1) is 18.4 Å². The van der Waals surface area contributed by atoms with Gasteiger partial charge in [0, 0.05) is 32.9 Å². The topological polar surface area (TPSA) is 72.5 Å². The van der Waals surface area contributed by atoms with E-state index in [0.717, 1.165) is 13.1 Å². The number of nitrogens with zero attached hydrogens (tertiary/aromatic N) is 2. The first-order chi connectivity index (χ1) is 8.56. The Balaban J connectivity index is 1.86. The molecule has 0 aromatic carbocycles. The molecule has 100 valence electrons. The lowest BCUT2D eigenvalue weighted by Crippen LogP contribution is -2.46. The molecule has 0 bridgehead atoms. The monoisotopic (exact) mass is 252 g/mol. The van der Waals surface area contributed by atoms with Gasteiger partial charge in [-0.15, -0.1) is 0 Å². The summed E-state index contributed by atoms with van der Waals surface area (Å²) in [6.07, 6.45) is 1.78. The molecule has 1 unspecified atom stereocenters. The zero-order chi connectivity index (χ0) is 13.1. The summed E-state index contributed by atoms with van der Waals surface area (Å²) in [7, 11) is 3.85. The van der Waals surface area contributed by atoms with Crippen LogP contribution >= 0.6 is 0 Å². The summed E-state index contributed by atoms with van der Waals surface area (Å²) in [6, 6.07) is 1.67. The number of hydrogen-bond donors (Lipinski definition) is 2. The molecule has 6 nitrogen and oxygen atoms in total. The van der Waals surface area contributed by atoms with Crippen molar-refractivity contribution in [1.82, 2.24) is 14.8 Å². The second kappa shape index (κ2) is 5.41. The van der Waals surface area contributed by atoms with Crippen LogP contribution in [-0.2, 0) is 11.8 Å². The molecule has 0 spiro atoms. The number of amides is 1. The molecule has 1 atom stereocenters. The first kappa shape index (κ1) is 12.9. The quantitative estimate of drug-likeness (QED) is 0.772. The van der Waals surface area contributed by atoms with Crippen LogP contribution < -0.4 is 11.1 Å². The molecule has 1 aliphatic heterocycles. The minimum absolute atomic E-state index is 0.0605. The predicted molar refractivity (Wildman–Crippen MR) is 69.4 cm³/mol. The molecule has 2 rings (SSSR count). The largest absolute Gasteiger partial charge is 0.397 e. The fraction of sp³-hybridized carbons (Fsp3) is 0.583. The fourth-order valence-electron chi connectivity index (χ4n) is 2.10. The maximum absolute atomic E-state index is 11.9. The summed E-state index contributed by atoms with van der Waals surface area (Å²) in [6.45, 7) is 3.02. The van der Waals surface area contributed by atoms with Crippen molar-refractivity contribution in [3.05, 3.63) is 18.0 Å². The van der Waals surface area contributed by atoms with Gasteiger partial charge in [-0.3, -0.25) is 4.79 Å². The highest BCUT2D eigenvalue weighted by molar-refractivity contribution is 5.93. The molecule has 1 aromatic heterocycles. The van der Waals surface area contributed by atoms with Crippen LogP contribution in [0.3, 0.4) is 0 Å². The number of morpholine rings is 1. The Morgan fingerprint density at radius 1 is 1.61 bits per heavy atom. The van der Waals surface area contributed by atoms with E-state index in [4.69, 9.17) is 10.5 Å². The van der Waals surface area contributed by atoms with Crippen LogP contribution in [-0.4, -0.2) is 54.8 Å². The van der Waals surface area contributed by atoms with E-state index in [0.29, 0.717) is 24.5 Å². The predicted octanol–water partition coefficient (Wildman–Crippen LogP) is -0.332. The molecular weight excluding hydrogens is 232 g/mol. The Labute approximate surface area is 107 Å². The molecule has 3 N–H and O–H groups in total. The Kier molecular flexibility index (Phi) is 3.88. The average molecular weight is 252 g/mol. The molecule has 1 aromatic rings. The van der Waals surface area contributed by atoms with E-state index in [1.54, 1.807) is 23.9 Å². The lowest BCUT2D eigenvalue weighted by atomic mass is 10.2. The van der Waals surface area contributed by atoms with Gasteiger partial charge < -0.3 is 25.3 Å². The van der Waals surface area contributed by atoms with Crippen LogP contribution in [0.5, 0.6) is 0 Å². The summed E-state index contributed by atoms with van der Waals surface area (Å²) in [5, 5.41) is 2.88. The minimum Gasteiger partial charge on any atom is -0.397 e. The molecule has 0 saturated carbocycles. The molecule has 1 fully saturated rings. The van der Waals surface area contributed by atoms with E-state index in [1.807, 2.05) is 0 Å². The zero-order valence-corrected chi connectivity index (χ0v) is 10.8. The maximum Gasteiger partial charge on any atom is 0.268 e. The van der Waals surface area contributed by atoms with Crippen molar-refractivity contribution in [2.24, 2.45) is 7.05 Å². The van der Waals surface area contributed by atoms with E-state index in [2.05, 4.69) is 17.3 Å². The van der Waals surface area contributed by atoms with Crippen molar-refractivity contribution in [2.75, 3.05) is 39.0 Å². The highest BCUT2D eigenvalue weighted by Crippen LogP contribution is 2.08. The molecule has 6 heteroatoms. The standard InChI is InChI=1S/C12H20N4O2/c1-15-3-4-18-10(8-15)6-14-12(17)11-5-9(13)7-16(11)2/h5,7,10H,3-4,6,8,13H2,1-2H3,(H,14,17). The number of aryl methyl sites for hydroxylation is 1. The fourth-order valence-corrected chi connectivity index (χ4v) is 2.10. The molecule has 18 heavy (non-hydrogen) atoms. The maximum atomic E-state index is 11.9. The number of carbonyl (C=O) groups excluding carboxylic acids is 1. The summed E-state index contributed by atoms with van der Waals surface area (Å²) in [4.78, 5) is 14.1. The Bertz CT molecular complexity index is 430. The molecular formula is C12H20N4O2. The normalized spacial score (nSPS) is 20.9. The second-order valence-electron chi connectivity index (χ2n) is 4.73. The van der Waals surface area contributed by atoms with Crippen LogP contribution in [0, 0.1) is 0 Å². The molecule has 1 amide bonds. The SMILES string of the molecule is CN1CCOC(CNC(=O)c2cc(N)cn2C)C1. The van der Waals surface area contributed by atoms with E-state index < -0.39 is 0 Å². The first-order valence-electron chi connectivity index (χ1n) is 6.06. The van der Waals surface area contributed by atoms with Gasteiger partial charge in [-0.05, 0) is 13.1 Å². The average Bonchev–Trinajstić information content (AvgIpc) is 2.66. The third-order valence-electron chi connectivity index (χ3n) is 3.09. The lowest BCUT2D eigenvalue weighted by molar-refractivity contribution is -0.0175. The molecule has 1 aliphatic rings. The number of nitrogen functional groups attached to an aromatic ring is 1. The number of anilines is 1. The van der Waals surface area contributed by atoms with Crippen LogP contribution in [0.25, 0.3) is 0 Å². The Morgan fingerprint density at radius 2 is 2.39 bits per heavy atom. The highest BCUT2D eigenvalue weighted by atomic mass is 16.5. The van der Waals surface area contributed by atoms with Gasteiger partial charge in [-0.1, -0.05) is 0 Å². The van der Waals surface area contributed by atoms with Crippen LogP contribution in [0.1, 0.15) is 10.5 Å². The van der Waals surface area contributed by atoms with E-state index in [1.165, 1.54) is 0 Å². The second-order valence-corrected chi connectivity index (χ2v) is 4.73. The minimum atomic E-state index is -0.119. The summed E-state index contributed by atoms with van der Waals surface area (Å²) in [5.74, 6) is -0.119. The third-order valence-corrected chi connectivity index (χ3v) is 3.09. The van der Waals surface area contributed by atoms with Crippen molar-refractivity contribution in [3.63, 3.8) is 0 Å². The van der Waals surface area contributed by atoms with Gasteiger partial charge in [0.25, 0.3) is 5.91 Å². The lowest BCUT2D eigenvalue weighted by Gasteiger charge is -2.30. The van der Waals surface area contributed by atoms with Gasteiger partial charge in [-0.2, -0.15) is 0 Å². The van der Waals surface area contributed by atoms with Gasteiger partial charge in [0.1, 0.15) is 5.69 Å². The number of nitrogens with two attached hydrogens (primary N) is 1. The smallest absolute Gasteiger partial charge is 0.268 e. The Hall–Kier alpha value is -1.53. The van der Waals surface area contributed by atoms with Crippen LogP contribution in [0.4, 0.5) is 5.69 Å². The number of rotatable bonds is 3. The highest BCUT2D eigenvalue weighted by Gasteiger charge is 2.19. The van der Waals surface area contributed by atoms with Gasteiger partial charge >= 0.3 is 0 Å². The van der Waals surface area contributed by atoms with Crippen molar-refractivity contribution in [1.29, 1.82) is 0 Å². The number of likely N-dealkylation sites (N-methyl/N-ethyl adjacent to an activating group) is 1. The summed E-state index contributed by atoms with van der Waals surface area (Å²) in [5.41, 5.74) is 6.80.